The number of aryl methyl sites for hydroxylation is 2. The predicted molar refractivity (Wildman–Crippen MR) is 89.5 cm³/mol. The van der Waals surface area contributed by atoms with E-state index in [0.29, 0.717) is 13.0 Å². The smallest absolute Gasteiger partial charge is 0.125 e. The van der Waals surface area contributed by atoms with Crippen LogP contribution in [0, 0.1) is 6.92 Å². The molecule has 2 heterocycles. The summed E-state index contributed by atoms with van der Waals surface area (Å²) in [6.45, 7) is 4.35. The molecule has 2 rings (SSSR count). The maximum absolute atomic E-state index is 10.5. The zero-order valence-electron chi connectivity index (χ0n) is 13.5. The van der Waals surface area contributed by atoms with Crippen molar-refractivity contribution in [2.45, 2.75) is 33.1 Å². The van der Waals surface area contributed by atoms with Gasteiger partial charge >= 0.3 is 0 Å². The number of hydrogen-bond acceptors (Lipinski definition) is 5. The normalized spacial score (nSPS) is 11.3. The molecule has 0 N–H and O–H groups in total. The van der Waals surface area contributed by atoms with Gasteiger partial charge < -0.3 is 9.63 Å². The molecule has 2 aromatic rings. The average Bonchev–Trinajstić information content (AvgIpc) is 2.55. The van der Waals surface area contributed by atoms with Crippen LogP contribution in [0.5, 0.6) is 0 Å². The fourth-order valence-electron chi connectivity index (χ4n) is 2.12. The highest BCUT2D eigenvalue weighted by molar-refractivity contribution is 5.96. The van der Waals surface area contributed by atoms with Gasteiger partial charge in [-0.15, -0.1) is 0 Å². The minimum atomic E-state index is 0.358. The average molecular weight is 311 g/mol. The van der Waals surface area contributed by atoms with Crippen LogP contribution in [0.4, 0.5) is 0 Å². The molecule has 0 amide bonds. The third-order valence-corrected chi connectivity index (χ3v) is 3.29. The Morgan fingerprint density at radius 1 is 1.17 bits per heavy atom. The molecular formula is C18H21N3O2. The summed E-state index contributed by atoms with van der Waals surface area (Å²) in [5, 5.41) is 4.10. The van der Waals surface area contributed by atoms with Crippen molar-refractivity contribution in [1.82, 2.24) is 9.97 Å². The van der Waals surface area contributed by atoms with E-state index >= 15 is 0 Å². The predicted octanol–water partition coefficient (Wildman–Crippen LogP) is 2.90. The first-order valence-corrected chi connectivity index (χ1v) is 7.68. The van der Waals surface area contributed by atoms with Gasteiger partial charge in [-0.1, -0.05) is 17.3 Å². The molecule has 0 aliphatic rings. The van der Waals surface area contributed by atoms with Gasteiger partial charge in [-0.05, 0) is 51.0 Å². The highest BCUT2D eigenvalue weighted by Crippen LogP contribution is 2.04. The number of pyridine rings is 2. The highest BCUT2D eigenvalue weighted by atomic mass is 16.6. The van der Waals surface area contributed by atoms with Crippen LogP contribution in [0.15, 0.2) is 41.6 Å². The van der Waals surface area contributed by atoms with E-state index in [2.05, 4.69) is 15.1 Å². The molecule has 0 unspecified atom stereocenters. The van der Waals surface area contributed by atoms with Crippen molar-refractivity contribution in [2.24, 2.45) is 5.16 Å². The summed E-state index contributed by atoms with van der Waals surface area (Å²) in [5.74, 6) is 0. The summed E-state index contributed by atoms with van der Waals surface area (Å²) in [6, 6.07) is 11.6. The Hall–Kier alpha value is -2.56. The van der Waals surface area contributed by atoms with Crippen molar-refractivity contribution in [3.05, 3.63) is 59.2 Å². The Morgan fingerprint density at radius 3 is 2.74 bits per heavy atom. The van der Waals surface area contributed by atoms with Crippen molar-refractivity contribution >= 4 is 12.0 Å². The summed E-state index contributed by atoms with van der Waals surface area (Å²) < 4.78 is 0. The van der Waals surface area contributed by atoms with E-state index in [9.17, 15) is 4.79 Å². The Morgan fingerprint density at radius 2 is 1.96 bits per heavy atom. The Balaban J connectivity index is 1.78. The summed E-state index contributed by atoms with van der Waals surface area (Å²) in [6.07, 6.45) is 2.84. The van der Waals surface area contributed by atoms with Gasteiger partial charge in [0, 0.05) is 23.5 Å². The molecule has 0 aliphatic carbocycles. The van der Waals surface area contributed by atoms with Crippen LogP contribution in [0.1, 0.15) is 36.1 Å². The lowest BCUT2D eigenvalue weighted by Crippen LogP contribution is -2.02. The number of oxime groups is 1. The second kappa shape index (κ2) is 8.78. The molecule has 0 spiro atoms. The molecule has 23 heavy (non-hydrogen) atoms. The van der Waals surface area contributed by atoms with Crippen LogP contribution in [0.2, 0.25) is 0 Å². The van der Waals surface area contributed by atoms with E-state index in [1.54, 1.807) is 0 Å². The molecule has 0 aliphatic heterocycles. The van der Waals surface area contributed by atoms with E-state index in [0.717, 1.165) is 47.6 Å². The van der Waals surface area contributed by atoms with Crippen LogP contribution in [0.25, 0.3) is 0 Å². The van der Waals surface area contributed by atoms with Gasteiger partial charge in [0.2, 0.25) is 0 Å². The Bertz CT molecular complexity index is 683. The molecule has 0 saturated heterocycles. The zero-order chi connectivity index (χ0) is 16.5. The number of hydrogen-bond donors (Lipinski definition) is 0. The Kier molecular flexibility index (Phi) is 6.41. The number of carbonyl (C=O) groups is 1. The minimum absolute atomic E-state index is 0.358. The van der Waals surface area contributed by atoms with Crippen LogP contribution in [0.3, 0.4) is 0 Å². The molecular weight excluding hydrogens is 290 g/mol. The van der Waals surface area contributed by atoms with Crippen LogP contribution >= 0.6 is 0 Å². The van der Waals surface area contributed by atoms with E-state index in [-0.39, 0.29) is 0 Å². The number of aldehydes is 1. The molecule has 0 bridgehead atoms. The molecule has 0 aromatic carbocycles. The van der Waals surface area contributed by atoms with Crippen molar-refractivity contribution in [3.63, 3.8) is 0 Å². The van der Waals surface area contributed by atoms with Gasteiger partial charge in [0.25, 0.3) is 0 Å². The Labute approximate surface area is 136 Å². The number of nitrogens with zero attached hydrogens (tertiary/aromatic N) is 3. The van der Waals surface area contributed by atoms with Gasteiger partial charge in [-0.2, -0.15) is 0 Å². The van der Waals surface area contributed by atoms with Crippen molar-refractivity contribution in [2.75, 3.05) is 6.61 Å². The second-order valence-corrected chi connectivity index (χ2v) is 5.27. The molecule has 2 aromatic heterocycles. The first kappa shape index (κ1) is 16.8. The molecule has 120 valence electrons. The number of aromatic nitrogens is 2. The van der Waals surface area contributed by atoms with E-state index in [4.69, 9.17) is 4.84 Å². The maximum Gasteiger partial charge on any atom is 0.125 e. The molecule has 0 radical (unpaired) electrons. The fourth-order valence-corrected chi connectivity index (χ4v) is 2.12. The van der Waals surface area contributed by atoms with Crippen LogP contribution in [-0.2, 0) is 22.5 Å². The number of rotatable bonds is 8. The first-order chi connectivity index (χ1) is 11.2. The van der Waals surface area contributed by atoms with Gasteiger partial charge in [0.05, 0.1) is 5.69 Å². The van der Waals surface area contributed by atoms with Crippen LogP contribution < -0.4 is 0 Å². The third-order valence-electron chi connectivity index (χ3n) is 3.29. The highest BCUT2D eigenvalue weighted by Gasteiger charge is 2.01. The lowest BCUT2D eigenvalue weighted by Gasteiger charge is -2.04. The molecule has 5 heteroatoms. The summed E-state index contributed by atoms with van der Waals surface area (Å²) in [5.41, 5.74) is 4.32. The first-order valence-electron chi connectivity index (χ1n) is 7.68. The van der Waals surface area contributed by atoms with Gasteiger partial charge in [-0.25, -0.2) is 0 Å². The van der Waals surface area contributed by atoms with Gasteiger partial charge in [-0.3, -0.25) is 9.97 Å². The van der Waals surface area contributed by atoms with E-state index in [1.165, 1.54) is 0 Å². The molecule has 5 nitrogen and oxygen atoms in total. The fraction of sp³-hybridized carbons (Fsp3) is 0.333. The summed E-state index contributed by atoms with van der Waals surface area (Å²) in [4.78, 5) is 24.7. The van der Waals surface area contributed by atoms with Gasteiger partial charge in [0.15, 0.2) is 0 Å². The third kappa shape index (κ3) is 5.62. The van der Waals surface area contributed by atoms with E-state index < -0.39 is 0 Å². The van der Waals surface area contributed by atoms with Crippen molar-refractivity contribution in [1.29, 1.82) is 0 Å². The largest absolute Gasteiger partial charge is 0.396 e. The van der Waals surface area contributed by atoms with E-state index in [1.807, 2.05) is 50.2 Å². The van der Waals surface area contributed by atoms with Crippen molar-refractivity contribution in [3.8, 4) is 0 Å². The summed E-state index contributed by atoms with van der Waals surface area (Å²) in [7, 11) is 0. The standard InChI is InChI=1S/C18H21N3O2/c1-14-6-3-10-18(19-14)15(2)21-23-13-5-9-16-7-4-8-17(20-16)11-12-22/h3-4,6-8,10,12H,5,9,11,13H2,1-2H3/b21-15+. The zero-order valence-corrected chi connectivity index (χ0v) is 13.5. The second-order valence-electron chi connectivity index (χ2n) is 5.27. The molecule has 0 atom stereocenters. The topological polar surface area (TPSA) is 64.4 Å². The lowest BCUT2D eigenvalue weighted by molar-refractivity contribution is -0.107. The van der Waals surface area contributed by atoms with Crippen LogP contribution in [-0.4, -0.2) is 28.6 Å². The maximum atomic E-state index is 10.5. The number of carbonyl (C=O) groups excluding carboxylic acids is 1. The lowest BCUT2D eigenvalue weighted by atomic mass is 10.2. The van der Waals surface area contributed by atoms with Gasteiger partial charge in [0.1, 0.15) is 18.6 Å². The quantitative estimate of drug-likeness (QED) is 0.325. The monoisotopic (exact) mass is 311 g/mol. The molecule has 0 fully saturated rings. The SMILES string of the molecule is C/C(=N\OCCCc1cccc(CC=O)n1)c1cccc(C)n1. The molecule has 0 saturated carbocycles. The minimum Gasteiger partial charge on any atom is -0.396 e. The summed E-state index contributed by atoms with van der Waals surface area (Å²) >= 11 is 0. The van der Waals surface area contributed by atoms with Crippen molar-refractivity contribution < 1.29 is 9.63 Å².